The van der Waals surface area contributed by atoms with E-state index in [0.717, 1.165) is 10.1 Å². The molecule has 0 saturated carbocycles. The van der Waals surface area contributed by atoms with Crippen molar-refractivity contribution in [2.24, 2.45) is 14.1 Å². The Morgan fingerprint density at radius 3 is 2.19 bits per heavy atom. The van der Waals surface area contributed by atoms with Crippen LogP contribution in [-0.2, 0) is 35.3 Å². The Balaban J connectivity index is 1.71. The van der Waals surface area contributed by atoms with Gasteiger partial charge in [0, 0.05) is 27.1 Å². The molecule has 10 heteroatoms. The first kappa shape index (κ1) is 22.3. The van der Waals surface area contributed by atoms with Gasteiger partial charge in [-0.2, -0.15) is 0 Å². The summed E-state index contributed by atoms with van der Waals surface area (Å²) in [5.41, 5.74) is 0.167. The highest BCUT2D eigenvalue weighted by atomic mass is 32.2. The van der Waals surface area contributed by atoms with Gasteiger partial charge in [0.1, 0.15) is 5.75 Å². The van der Waals surface area contributed by atoms with Gasteiger partial charge >= 0.3 is 11.1 Å². The Morgan fingerprint density at radius 2 is 1.58 bits per heavy atom. The topological polar surface area (TPSA) is 116 Å². The number of methoxy groups -OCH3 is 1. The number of amides is 1. The Labute approximate surface area is 178 Å². The molecule has 1 aromatic heterocycles. The third kappa shape index (κ3) is 4.69. The number of hydrogen-bond acceptors (Lipinski definition) is 6. The summed E-state index contributed by atoms with van der Waals surface area (Å²) in [5, 5.41) is 2.69. The normalized spacial score (nSPS) is 11.5. The highest BCUT2D eigenvalue weighted by molar-refractivity contribution is 7.91. The number of carbonyl (C=O) groups excluding carboxylic acids is 1. The average Bonchev–Trinajstić information content (AvgIpc) is 2.78. The fraction of sp³-hybridized carbons (Fsp3) is 0.286. The first-order valence-electron chi connectivity index (χ1n) is 9.46. The van der Waals surface area contributed by atoms with Gasteiger partial charge in [0.2, 0.25) is 5.91 Å². The van der Waals surface area contributed by atoms with Crippen LogP contribution in [0.5, 0.6) is 5.75 Å². The first-order valence-corrected chi connectivity index (χ1v) is 11.1. The molecule has 3 aromatic rings. The summed E-state index contributed by atoms with van der Waals surface area (Å²) >= 11 is 0. The van der Waals surface area contributed by atoms with Gasteiger partial charge in [-0.05, 0) is 35.9 Å². The van der Waals surface area contributed by atoms with Gasteiger partial charge in [0.15, 0.2) is 9.84 Å². The number of fused-ring (bicyclic) bond motifs is 1. The summed E-state index contributed by atoms with van der Waals surface area (Å²) in [6.45, 7) is 0.273. The van der Waals surface area contributed by atoms with E-state index in [1.165, 1.54) is 36.9 Å². The minimum Gasteiger partial charge on any atom is -0.497 e. The van der Waals surface area contributed by atoms with E-state index in [4.69, 9.17) is 4.74 Å². The van der Waals surface area contributed by atoms with Crippen LogP contribution in [0.4, 0.5) is 0 Å². The zero-order valence-corrected chi connectivity index (χ0v) is 18.2. The number of benzene rings is 2. The van der Waals surface area contributed by atoms with Crippen LogP contribution < -0.4 is 21.2 Å². The standard InChI is InChI=1S/C21H23N3O6S/c1-23-17-9-8-16(12-18(17)24(2)21(27)20(23)26)31(28,29)11-10-19(25)22-13-14-4-6-15(30-3)7-5-14/h4-9,12H,10-11,13H2,1-3H3,(H,22,25). The molecular weight excluding hydrogens is 422 g/mol. The van der Waals surface area contributed by atoms with Crippen molar-refractivity contribution in [2.75, 3.05) is 12.9 Å². The molecule has 1 amide bonds. The molecular formula is C21H23N3O6S. The van der Waals surface area contributed by atoms with Crippen LogP contribution in [0.25, 0.3) is 11.0 Å². The second-order valence-corrected chi connectivity index (χ2v) is 9.18. The van der Waals surface area contributed by atoms with Crippen LogP contribution >= 0.6 is 0 Å². The fourth-order valence-corrected chi connectivity index (χ4v) is 4.39. The quantitative estimate of drug-likeness (QED) is 0.536. The molecule has 0 fully saturated rings. The van der Waals surface area contributed by atoms with Crippen molar-refractivity contribution in [3.63, 3.8) is 0 Å². The maximum absolute atomic E-state index is 12.7. The Kier molecular flexibility index (Phi) is 6.30. The predicted molar refractivity (Wildman–Crippen MR) is 116 cm³/mol. The Morgan fingerprint density at radius 1 is 0.968 bits per heavy atom. The second-order valence-electron chi connectivity index (χ2n) is 7.07. The molecule has 0 aliphatic rings. The van der Waals surface area contributed by atoms with E-state index in [0.29, 0.717) is 16.8 Å². The van der Waals surface area contributed by atoms with Crippen LogP contribution in [0.2, 0.25) is 0 Å². The van der Waals surface area contributed by atoms with E-state index < -0.39 is 26.9 Å². The van der Waals surface area contributed by atoms with Crippen molar-refractivity contribution in [1.82, 2.24) is 14.5 Å². The Hall–Kier alpha value is -3.40. The molecule has 0 aliphatic carbocycles. The number of nitrogens with one attached hydrogen (secondary N) is 1. The fourth-order valence-electron chi connectivity index (χ4n) is 3.13. The lowest BCUT2D eigenvalue weighted by Crippen LogP contribution is -2.39. The summed E-state index contributed by atoms with van der Waals surface area (Å²) < 4.78 is 32.8. The number of ether oxygens (including phenoxy) is 1. The van der Waals surface area contributed by atoms with E-state index in [-0.39, 0.29) is 23.6 Å². The predicted octanol–water partition coefficient (Wildman–Crippen LogP) is 0.726. The Bertz CT molecular complexity index is 1350. The number of rotatable bonds is 7. The molecule has 0 radical (unpaired) electrons. The van der Waals surface area contributed by atoms with Crippen molar-refractivity contribution >= 4 is 26.8 Å². The monoisotopic (exact) mass is 445 g/mol. The molecule has 9 nitrogen and oxygen atoms in total. The molecule has 3 rings (SSSR count). The van der Waals surface area contributed by atoms with E-state index in [9.17, 15) is 22.8 Å². The summed E-state index contributed by atoms with van der Waals surface area (Å²) in [4.78, 5) is 36.1. The van der Waals surface area contributed by atoms with E-state index in [2.05, 4.69) is 5.32 Å². The molecule has 31 heavy (non-hydrogen) atoms. The summed E-state index contributed by atoms with van der Waals surface area (Å²) in [5.74, 6) is -0.0729. The third-order valence-electron chi connectivity index (χ3n) is 5.07. The first-order chi connectivity index (χ1) is 14.6. The summed E-state index contributed by atoms with van der Waals surface area (Å²) in [6, 6.07) is 11.4. The lowest BCUT2D eigenvalue weighted by atomic mass is 10.2. The molecule has 0 saturated heterocycles. The zero-order chi connectivity index (χ0) is 22.8. The van der Waals surface area contributed by atoms with Crippen molar-refractivity contribution in [1.29, 1.82) is 0 Å². The lowest BCUT2D eigenvalue weighted by molar-refractivity contribution is -0.120. The number of nitrogens with zero attached hydrogens (tertiary/aromatic N) is 2. The van der Waals surface area contributed by atoms with Crippen LogP contribution in [0, 0.1) is 0 Å². The summed E-state index contributed by atoms with van der Waals surface area (Å²) in [6.07, 6.45) is -0.206. The van der Waals surface area contributed by atoms with Crippen molar-refractivity contribution in [3.8, 4) is 5.75 Å². The number of carbonyl (C=O) groups is 1. The largest absolute Gasteiger partial charge is 0.497 e. The molecule has 0 aliphatic heterocycles. The van der Waals surface area contributed by atoms with Crippen molar-refractivity contribution < 1.29 is 17.9 Å². The SMILES string of the molecule is COc1ccc(CNC(=O)CCS(=O)(=O)c2ccc3c(c2)n(C)c(=O)c(=O)n3C)cc1. The van der Waals surface area contributed by atoms with E-state index >= 15 is 0 Å². The smallest absolute Gasteiger partial charge is 0.316 e. The summed E-state index contributed by atoms with van der Waals surface area (Å²) in [7, 11) is 0.655. The minimum atomic E-state index is -3.77. The molecule has 1 heterocycles. The van der Waals surface area contributed by atoms with E-state index in [1.807, 2.05) is 12.1 Å². The van der Waals surface area contributed by atoms with Gasteiger partial charge in [-0.1, -0.05) is 12.1 Å². The number of aryl methyl sites for hydroxylation is 2. The van der Waals surface area contributed by atoms with Crippen LogP contribution in [-0.4, -0.2) is 36.3 Å². The number of sulfone groups is 1. The minimum absolute atomic E-state index is 0.0170. The van der Waals surface area contributed by atoms with Crippen molar-refractivity contribution in [3.05, 3.63) is 68.7 Å². The average molecular weight is 445 g/mol. The number of hydrogen-bond donors (Lipinski definition) is 1. The number of aromatic nitrogens is 2. The highest BCUT2D eigenvalue weighted by Gasteiger charge is 2.19. The molecule has 2 aromatic carbocycles. The van der Waals surface area contributed by atoms with Gasteiger partial charge in [-0.25, -0.2) is 8.42 Å². The molecule has 1 N–H and O–H groups in total. The third-order valence-corrected chi connectivity index (χ3v) is 6.78. The second kappa shape index (κ2) is 8.76. The van der Waals surface area contributed by atoms with Crippen LogP contribution in [0.3, 0.4) is 0 Å². The van der Waals surface area contributed by atoms with Crippen LogP contribution in [0.1, 0.15) is 12.0 Å². The van der Waals surface area contributed by atoms with Gasteiger partial charge in [0.05, 0.1) is 28.8 Å². The maximum atomic E-state index is 12.7. The molecule has 0 spiro atoms. The van der Waals surface area contributed by atoms with Gasteiger partial charge in [-0.3, -0.25) is 14.4 Å². The van der Waals surface area contributed by atoms with Gasteiger partial charge in [-0.15, -0.1) is 0 Å². The molecule has 0 bridgehead atoms. The molecule has 164 valence electrons. The van der Waals surface area contributed by atoms with Gasteiger partial charge in [0.25, 0.3) is 0 Å². The highest BCUT2D eigenvalue weighted by Crippen LogP contribution is 2.18. The maximum Gasteiger partial charge on any atom is 0.316 e. The van der Waals surface area contributed by atoms with Crippen LogP contribution in [0.15, 0.2) is 56.9 Å². The molecule has 0 atom stereocenters. The van der Waals surface area contributed by atoms with E-state index in [1.54, 1.807) is 19.2 Å². The van der Waals surface area contributed by atoms with Crippen molar-refractivity contribution in [2.45, 2.75) is 17.9 Å². The van der Waals surface area contributed by atoms with Gasteiger partial charge < -0.3 is 19.2 Å². The zero-order valence-electron chi connectivity index (χ0n) is 17.4. The lowest BCUT2D eigenvalue weighted by Gasteiger charge is -2.11. The molecule has 0 unspecified atom stereocenters.